The molecule has 1 amide bonds. The lowest BCUT2D eigenvalue weighted by atomic mass is 10.1. The molecule has 3 rings (SSSR count). The van der Waals surface area contributed by atoms with Gasteiger partial charge in [0.25, 0.3) is 5.91 Å². The second kappa shape index (κ2) is 6.93. The van der Waals surface area contributed by atoms with Gasteiger partial charge in [0.1, 0.15) is 17.4 Å². The Labute approximate surface area is 145 Å². The van der Waals surface area contributed by atoms with Crippen molar-refractivity contribution in [2.24, 2.45) is 0 Å². The summed E-state index contributed by atoms with van der Waals surface area (Å²) in [6.45, 7) is 1.92. The van der Waals surface area contributed by atoms with E-state index in [9.17, 15) is 10.1 Å². The van der Waals surface area contributed by atoms with Crippen LogP contribution in [0.1, 0.15) is 11.3 Å². The van der Waals surface area contributed by atoms with Crippen LogP contribution in [0.2, 0.25) is 0 Å². The molecule has 0 aliphatic rings. The van der Waals surface area contributed by atoms with Crippen LogP contribution in [-0.2, 0) is 4.79 Å². The maximum Gasteiger partial charge on any atom is 0.266 e. The first kappa shape index (κ1) is 16.3. The number of carbonyl (C=O) groups is 1. The molecule has 1 heterocycles. The monoisotopic (exact) mass is 331 g/mol. The molecule has 0 saturated heterocycles. The molecule has 3 aromatic rings. The van der Waals surface area contributed by atoms with E-state index in [-0.39, 0.29) is 5.57 Å². The number of methoxy groups -OCH3 is 1. The predicted octanol–water partition coefficient (Wildman–Crippen LogP) is 4.03. The molecule has 0 atom stereocenters. The molecule has 2 aromatic carbocycles. The second-order valence-corrected chi connectivity index (χ2v) is 5.56. The highest BCUT2D eigenvalue weighted by Gasteiger charge is 2.13. The van der Waals surface area contributed by atoms with Gasteiger partial charge in [-0.15, -0.1) is 0 Å². The van der Waals surface area contributed by atoms with Gasteiger partial charge in [-0.3, -0.25) is 4.79 Å². The van der Waals surface area contributed by atoms with E-state index in [4.69, 9.17) is 4.74 Å². The first-order valence-corrected chi connectivity index (χ1v) is 7.77. The average molecular weight is 331 g/mol. The van der Waals surface area contributed by atoms with Gasteiger partial charge in [-0.2, -0.15) is 5.26 Å². The summed E-state index contributed by atoms with van der Waals surface area (Å²) < 4.78 is 5.09. The van der Waals surface area contributed by atoms with Crippen LogP contribution in [0, 0.1) is 18.3 Å². The number of nitrogens with one attached hydrogen (secondary N) is 2. The third kappa shape index (κ3) is 3.38. The fourth-order valence-corrected chi connectivity index (χ4v) is 2.65. The van der Waals surface area contributed by atoms with E-state index in [0.717, 1.165) is 22.2 Å². The van der Waals surface area contributed by atoms with Gasteiger partial charge in [-0.25, -0.2) is 0 Å². The number of hydrogen-bond acceptors (Lipinski definition) is 3. The number of rotatable bonds is 4. The highest BCUT2D eigenvalue weighted by molar-refractivity contribution is 6.11. The molecule has 0 spiro atoms. The third-order valence-corrected chi connectivity index (χ3v) is 3.95. The van der Waals surface area contributed by atoms with Crippen LogP contribution in [0.15, 0.2) is 54.1 Å². The average Bonchev–Trinajstić information content (AvgIpc) is 2.95. The first-order chi connectivity index (χ1) is 12.1. The molecule has 0 unspecified atom stereocenters. The number of aromatic nitrogens is 1. The van der Waals surface area contributed by atoms with Gasteiger partial charge < -0.3 is 15.0 Å². The molecule has 0 aliphatic heterocycles. The molecule has 0 fully saturated rings. The van der Waals surface area contributed by atoms with Gasteiger partial charge >= 0.3 is 0 Å². The van der Waals surface area contributed by atoms with Crippen molar-refractivity contribution in [3.05, 3.63) is 65.4 Å². The summed E-state index contributed by atoms with van der Waals surface area (Å²) in [7, 11) is 1.58. The van der Waals surface area contributed by atoms with Gasteiger partial charge in [-0.1, -0.05) is 18.2 Å². The molecule has 0 aliphatic carbocycles. The highest BCUT2D eigenvalue weighted by Crippen LogP contribution is 2.24. The Morgan fingerprint density at radius 2 is 1.92 bits per heavy atom. The van der Waals surface area contributed by atoms with E-state index in [1.165, 1.54) is 0 Å². The quantitative estimate of drug-likeness (QED) is 0.559. The van der Waals surface area contributed by atoms with E-state index in [0.29, 0.717) is 11.4 Å². The smallest absolute Gasteiger partial charge is 0.266 e. The number of H-pyrrole nitrogens is 1. The maximum atomic E-state index is 12.4. The minimum absolute atomic E-state index is 0.0451. The van der Waals surface area contributed by atoms with E-state index in [1.54, 1.807) is 37.5 Å². The van der Waals surface area contributed by atoms with Crippen molar-refractivity contribution in [1.29, 1.82) is 5.26 Å². The van der Waals surface area contributed by atoms with Crippen molar-refractivity contribution in [3.8, 4) is 11.8 Å². The van der Waals surface area contributed by atoms with Crippen LogP contribution < -0.4 is 10.1 Å². The highest BCUT2D eigenvalue weighted by atomic mass is 16.5. The Morgan fingerprint density at radius 3 is 2.60 bits per heavy atom. The normalized spacial score (nSPS) is 11.2. The van der Waals surface area contributed by atoms with E-state index < -0.39 is 5.91 Å². The fraction of sp³-hybridized carbons (Fsp3) is 0.100. The van der Waals surface area contributed by atoms with Crippen molar-refractivity contribution in [2.45, 2.75) is 6.92 Å². The van der Waals surface area contributed by atoms with Crippen molar-refractivity contribution in [3.63, 3.8) is 0 Å². The zero-order chi connectivity index (χ0) is 17.8. The number of benzene rings is 2. The molecule has 124 valence electrons. The summed E-state index contributed by atoms with van der Waals surface area (Å²) in [5.41, 5.74) is 3.37. The number of nitrogens with zero attached hydrogens (tertiary/aromatic N) is 1. The van der Waals surface area contributed by atoms with Gasteiger partial charge in [0.2, 0.25) is 0 Å². The lowest BCUT2D eigenvalue weighted by molar-refractivity contribution is -0.112. The maximum absolute atomic E-state index is 12.4. The third-order valence-electron chi connectivity index (χ3n) is 3.95. The molecule has 5 heteroatoms. The van der Waals surface area contributed by atoms with Gasteiger partial charge in [0, 0.05) is 27.8 Å². The number of hydrogen-bond donors (Lipinski definition) is 2. The Balaban J connectivity index is 1.90. The molecule has 0 saturated carbocycles. The number of anilines is 1. The minimum Gasteiger partial charge on any atom is -0.497 e. The molecular weight excluding hydrogens is 314 g/mol. The summed E-state index contributed by atoms with van der Waals surface area (Å²) >= 11 is 0. The Hall–Kier alpha value is -3.52. The van der Waals surface area contributed by atoms with Crippen LogP contribution in [0.3, 0.4) is 0 Å². The van der Waals surface area contributed by atoms with E-state index in [2.05, 4.69) is 10.3 Å². The number of nitriles is 1. The molecule has 1 aromatic heterocycles. The Morgan fingerprint density at radius 1 is 1.20 bits per heavy atom. The van der Waals surface area contributed by atoms with Gasteiger partial charge in [0.15, 0.2) is 0 Å². The summed E-state index contributed by atoms with van der Waals surface area (Å²) in [5.74, 6) is 0.251. The summed E-state index contributed by atoms with van der Waals surface area (Å²) in [6, 6.07) is 16.7. The van der Waals surface area contributed by atoms with Crippen molar-refractivity contribution >= 4 is 28.6 Å². The number of fused-ring (bicyclic) bond motifs is 1. The topological polar surface area (TPSA) is 77.9 Å². The van der Waals surface area contributed by atoms with Crippen molar-refractivity contribution in [1.82, 2.24) is 4.98 Å². The van der Waals surface area contributed by atoms with Gasteiger partial charge in [0.05, 0.1) is 7.11 Å². The van der Waals surface area contributed by atoms with E-state index in [1.807, 2.05) is 37.3 Å². The zero-order valence-electron chi connectivity index (χ0n) is 14.0. The van der Waals surface area contributed by atoms with Gasteiger partial charge in [-0.05, 0) is 43.3 Å². The predicted molar refractivity (Wildman–Crippen MR) is 98.2 cm³/mol. The van der Waals surface area contributed by atoms with Crippen LogP contribution in [0.4, 0.5) is 5.69 Å². The van der Waals surface area contributed by atoms with E-state index >= 15 is 0 Å². The van der Waals surface area contributed by atoms with Crippen LogP contribution in [-0.4, -0.2) is 18.0 Å². The lowest BCUT2D eigenvalue weighted by Crippen LogP contribution is -2.13. The lowest BCUT2D eigenvalue weighted by Gasteiger charge is -2.05. The Kier molecular flexibility index (Phi) is 4.53. The number of ether oxygens (including phenoxy) is 1. The SMILES string of the molecule is COc1ccc(NC(=O)/C(C#N)=C/c2c(C)[nH]c3ccccc23)cc1. The van der Waals surface area contributed by atoms with Crippen molar-refractivity contribution in [2.75, 3.05) is 12.4 Å². The number of aromatic amines is 1. The fourth-order valence-electron chi connectivity index (χ4n) is 2.65. The molecule has 0 radical (unpaired) electrons. The molecule has 0 bridgehead atoms. The number of aryl methyl sites for hydroxylation is 1. The number of amides is 1. The number of para-hydroxylation sites is 1. The van der Waals surface area contributed by atoms with Crippen LogP contribution in [0.25, 0.3) is 17.0 Å². The second-order valence-electron chi connectivity index (χ2n) is 5.56. The summed E-state index contributed by atoms with van der Waals surface area (Å²) in [4.78, 5) is 15.7. The van der Waals surface area contributed by atoms with Crippen molar-refractivity contribution < 1.29 is 9.53 Å². The molecule has 2 N–H and O–H groups in total. The molecular formula is C20H17N3O2. The summed E-state index contributed by atoms with van der Waals surface area (Å²) in [6.07, 6.45) is 1.62. The molecule has 25 heavy (non-hydrogen) atoms. The number of carbonyl (C=O) groups excluding carboxylic acids is 1. The first-order valence-electron chi connectivity index (χ1n) is 7.77. The molecule has 5 nitrogen and oxygen atoms in total. The largest absolute Gasteiger partial charge is 0.497 e. The zero-order valence-corrected chi connectivity index (χ0v) is 14.0. The Bertz CT molecular complexity index is 992. The minimum atomic E-state index is -0.447. The van der Waals surface area contributed by atoms with Crippen LogP contribution in [0.5, 0.6) is 5.75 Å². The standard InChI is InChI=1S/C20H17N3O2/c1-13-18(17-5-3-4-6-19(17)22-13)11-14(12-21)20(24)23-15-7-9-16(25-2)10-8-15/h3-11,22H,1-2H3,(H,23,24)/b14-11+. The van der Waals surface area contributed by atoms with Crippen LogP contribution >= 0.6 is 0 Å². The summed E-state index contributed by atoms with van der Waals surface area (Å²) in [5, 5.41) is 13.1.